The Balaban J connectivity index is 1.61. The number of aliphatic imine (C=N–C) groups is 1. The number of fused-ring (bicyclic) bond motifs is 5. The zero-order chi connectivity index (χ0) is 17.1. The van der Waals surface area contributed by atoms with E-state index in [0.29, 0.717) is 22.7 Å². The fourth-order valence-electron chi connectivity index (χ4n) is 8.05. The topological polar surface area (TPSA) is 12.4 Å². The molecule has 0 aliphatic heterocycles. The van der Waals surface area contributed by atoms with Gasteiger partial charge in [0.15, 0.2) is 0 Å². The summed E-state index contributed by atoms with van der Waals surface area (Å²) in [5.74, 6) is 4.01. The molecule has 4 fully saturated rings. The molecule has 0 aromatic heterocycles. The minimum absolute atomic E-state index is 0.429. The van der Waals surface area contributed by atoms with E-state index in [9.17, 15) is 4.39 Å². The number of alkyl halides is 1. The predicted molar refractivity (Wildman–Crippen MR) is 99.1 cm³/mol. The lowest BCUT2D eigenvalue weighted by atomic mass is 9.44. The Bertz CT molecular complexity index is 528. The Morgan fingerprint density at radius 3 is 2.38 bits per heavy atom. The number of rotatable bonds is 1. The van der Waals surface area contributed by atoms with Gasteiger partial charge in [-0.1, -0.05) is 13.8 Å². The molecule has 0 spiro atoms. The van der Waals surface area contributed by atoms with Crippen LogP contribution >= 0.6 is 0 Å². The highest BCUT2D eigenvalue weighted by Crippen LogP contribution is 2.67. The highest BCUT2D eigenvalue weighted by atomic mass is 19.1. The summed E-state index contributed by atoms with van der Waals surface area (Å²) in [4.78, 5) is 4.57. The molecule has 0 aromatic rings. The Kier molecular flexibility index (Phi) is 4.12. The van der Waals surface area contributed by atoms with Gasteiger partial charge in [-0.15, -0.1) is 0 Å². The van der Waals surface area contributed by atoms with Gasteiger partial charge in [0.1, 0.15) is 6.17 Å². The number of hydrogen-bond donors (Lipinski definition) is 0. The standard InChI is InChI=1S/C22H36FN/c1-14(24-4)18-7-8-19-17-6-5-15-13-16(23)9-11-21(15,2)20(17)10-12-22(18,19)3/h15-20H,5-13H2,1-4H3/t15-,16-,17?,18+,19?,20?,21-,22+/m0/s1. The van der Waals surface area contributed by atoms with Crippen LogP contribution in [0.1, 0.15) is 78.6 Å². The van der Waals surface area contributed by atoms with Gasteiger partial charge in [-0.2, -0.15) is 0 Å². The maximum atomic E-state index is 14.0. The van der Waals surface area contributed by atoms with Crippen molar-refractivity contribution in [3.8, 4) is 0 Å². The molecule has 0 bridgehead atoms. The molecule has 2 heteroatoms. The molecule has 1 nitrogen and oxygen atoms in total. The van der Waals surface area contributed by atoms with E-state index < -0.39 is 6.17 Å². The van der Waals surface area contributed by atoms with Gasteiger partial charge >= 0.3 is 0 Å². The van der Waals surface area contributed by atoms with Gasteiger partial charge in [0.05, 0.1) is 0 Å². The second-order valence-corrected chi connectivity index (χ2v) is 10.1. The van der Waals surface area contributed by atoms with E-state index in [1.54, 1.807) is 0 Å². The third kappa shape index (κ3) is 2.27. The average molecular weight is 334 g/mol. The van der Waals surface area contributed by atoms with Crippen molar-refractivity contribution in [2.24, 2.45) is 45.4 Å². The quantitative estimate of drug-likeness (QED) is 0.516. The van der Waals surface area contributed by atoms with Crippen LogP contribution in [-0.2, 0) is 0 Å². The van der Waals surface area contributed by atoms with E-state index in [4.69, 9.17) is 0 Å². The first-order valence-electron chi connectivity index (χ1n) is 10.5. The summed E-state index contributed by atoms with van der Waals surface area (Å²) in [5, 5.41) is 0. The Morgan fingerprint density at radius 2 is 1.62 bits per heavy atom. The molecule has 0 radical (unpaired) electrons. The Labute approximate surface area is 147 Å². The lowest BCUT2D eigenvalue weighted by Crippen LogP contribution is -2.54. The molecule has 0 aromatic carbocycles. The maximum absolute atomic E-state index is 14.0. The minimum Gasteiger partial charge on any atom is -0.297 e. The molecule has 4 aliphatic carbocycles. The molecule has 8 atom stereocenters. The molecule has 4 rings (SSSR count). The zero-order valence-electron chi connectivity index (χ0n) is 16.2. The molecule has 136 valence electrons. The molecule has 0 N–H and O–H groups in total. The van der Waals surface area contributed by atoms with E-state index >= 15 is 0 Å². The molecule has 4 aliphatic rings. The maximum Gasteiger partial charge on any atom is 0.100 e. The van der Waals surface area contributed by atoms with Crippen LogP contribution in [-0.4, -0.2) is 18.9 Å². The van der Waals surface area contributed by atoms with Crippen LogP contribution in [0.25, 0.3) is 0 Å². The van der Waals surface area contributed by atoms with E-state index in [1.807, 2.05) is 7.05 Å². The van der Waals surface area contributed by atoms with Gasteiger partial charge in [-0.3, -0.25) is 4.99 Å². The molecule has 4 saturated carbocycles. The van der Waals surface area contributed by atoms with Crippen molar-refractivity contribution in [2.75, 3.05) is 7.05 Å². The second-order valence-electron chi connectivity index (χ2n) is 10.1. The van der Waals surface area contributed by atoms with Crippen LogP contribution in [0.4, 0.5) is 4.39 Å². The first kappa shape index (κ1) is 17.0. The van der Waals surface area contributed by atoms with Crippen LogP contribution in [0.15, 0.2) is 4.99 Å². The third-order valence-corrected chi connectivity index (χ3v) is 9.46. The lowest BCUT2D eigenvalue weighted by molar-refractivity contribution is -0.116. The molecule has 0 amide bonds. The van der Waals surface area contributed by atoms with Crippen molar-refractivity contribution < 1.29 is 4.39 Å². The first-order valence-corrected chi connectivity index (χ1v) is 10.5. The van der Waals surface area contributed by atoms with Gasteiger partial charge in [-0.05, 0) is 99.2 Å². The van der Waals surface area contributed by atoms with Gasteiger partial charge in [0.25, 0.3) is 0 Å². The second kappa shape index (κ2) is 5.81. The summed E-state index contributed by atoms with van der Waals surface area (Å²) in [6, 6.07) is 0. The van der Waals surface area contributed by atoms with Gasteiger partial charge < -0.3 is 0 Å². The molecular weight excluding hydrogens is 297 g/mol. The van der Waals surface area contributed by atoms with E-state index in [2.05, 4.69) is 25.8 Å². The largest absolute Gasteiger partial charge is 0.297 e. The Morgan fingerprint density at radius 1 is 0.917 bits per heavy atom. The zero-order valence-corrected chi connectivity index (χ0v) is 16.2. The summed E-state index contributed by atoms with van der Waals surface area (Å²) in [6.07, 6.45) is 10.5. The molecule has 3 unspecified atom stereocenters. The highest BCUT2D eigenvalue weighted by molar-refractivity contribution is 5.85. The summed E-state index contributed by atoms with van der Waals surface area (Å²) in [6.45, 7) is 7.37. The van der Waals surface area contributed by atoms with Crippen LogP contribution in [0, 0.1) is 40.4 Å². The number of hydrogen-bond acceptors (Lipinski definition) is 1. The number of nitrogens with zero attached hydrogens (tertiary/aromatic N) is 1. The van der Waals surface area contributed by atoms with Crippen molar-refractivity contribution in [3.05, 3.63) is 0 Å². The predicted octanol–water partition coefficient (Wildman–Crippen LogP) is 6.07. The lowest BCUT2D eigenvalue weighted by Gasteiger charge is -2.60. The van der Waals surface area contributed by atoms with E-state index in [1.165, 1.54) is 44.2 Å². The molecular formula is C22H36FN. The monoisotopic (exact) mass is 333 g/mol. The fourth-order valence-corrected chi connectivity index (χ4v) is 8.05. The van der Waals surface area contributed by atoms with Crippen LogP contribution < -0.4 is 0 Å². The first-order chi connectivity index (χ1) is 11.4. The normalized spacial score (nSPS) is 54.8. The van der Waals surface area contributed by atoms with Crippen molar-refractivity contribution in [1.82, 2.24) is 0 Å². The van der Waals surface area contributed by atoms with Crippen molar-refractivity contribution >= 4 is 5.71 Å². The summed E-state index contributed by atoms with van der Waals surface area (Å²) < 4.78 is 14.0. The van der Waals surface area contributed by atoms with Crippen molar-refractivity contribution in [2.45, 2.75) is 84.7 Å². The summed E-state index contributed by atoms with van der Waals surface area (Å²) >= 11 is 0. The third-order valence-electron chi connectivity index (χ3n) is 9.46. The van der Waals surface area contributed by atoms with Gasteiger partial charge in [0, 0.05) is 18.7 Å². The summed E-state index contributed by atoms with van der Waals surface area (Å²) in [7, 11) is 1.97. The minimum atomic E-state index is -0.521. The summed E-state index contributed by atoms with van der Waals surface area (Å²) in [5.41, 5.74) is 2.29. The average Bonchev–Trinajstić information content (AvgIpc) is 2.92. The Hall–Kier alpha value is -0.400. The van der Waals surface area contributed by atoms with E-state index in [-0.39, 0.29) is 0 Å². The molecule has 0 heterocycles. The molecule has 0 saturated heterocycles. The fraction of sp³-hybridized carbons (Fsp3) is 0.955. The van der Waals surface area contributed by atoms with Crippen LogP contribution in [0.2, 0.25) is 0 Å². The van der Waals surface area contributed by atoms with Gasteiger partial charge in [-0.25, -0.2) is 4.39 Å². The highest BCUT2D eigenvalue weighted by Gasteiger charge is 2.60. The van der Waals surface area contributed by atoms with Crippen molar-refractivity contribution in [3.63, 3.8) is 0 Å². The van der Waals surface area contributed by atoms with Crippen LogP contribution in [0.3, 0.4) is 0 Å². The van der Waals surface area contributed by atoms with E-state index in [0.717, 1.165) is 37.0 Å². The van der Waals surface area contributed by atoms with Gasteiger partial charge in [0.2, 0.25) is 0 Å². The SMILES string of the molecule is CN=C(C)[C@H]1CCC2C3CC[C@H]4C[C@@H](F)CC[C@]4(C)C3CC[C@@]21C. The number of halogens is 1. The van der Waals surface area contributed by atoms with Crippen LogP contribution in [0.5, 0.6) is 0 Å². The molecule has 24 heavy (non-hydrogen) atoms. The van der Waals surface area contributed by atoms with Crippen molar-refractivity contribution in [1.29, 1.82) is 0 Å². The smallest absolute Gasteiger partial charge is 0.100 e.